The van der Waals surface area contributed by atoms with Crippen molar-refractivity contribution in [1.82, 2.24) is 10.2 Å². The fraction of sp³-hybridized carbons (Fsp3) is 0.647. The summed E-state index contributed by atoms with van der Waals surface area (Å²) in [5, 5.41) is 4.35. The summed E-state index contributed by atoms with van der Waals surface area (Å²) in [7, 11) is 4.35. The van der Waals surface area contributed by atoms with Crippen molar-refractivity contribution in [2.24, 2.45) is 5.92 Å². The van der Waals surface area contributed by atoms with E-state index >= 15 is 0 Å². The largest absolute Gasteiger partial charge is 0.369 e. The van der Waals surface area contributed by atoms with Crippen LogP contribution < -0.4 is 10.2 Å². The molecule has 1 fully saturated rings. The van der Waals surface area contributed by atoms with Crippen LogP contribution in [-0.4, -0.2) is 44.7 Å². The van der Waals surface area contributed by atoms with Crippen LogP contribution in [0.3, 0.4) is 0 Å². The Morgan fingerprint density at radius 1 is 1.33 bits per heavy atom. The number of rotatable bonds is 6. The van der Waals surface area contributed by atoms with Crippen LogP contribution in [0.1, 0.15) is 25.8 Å². The van der Waals surface area contributed by atoms with Crippen LogP contribution in [0.5, 0.6) is 0 Å². The van der Waals surface area contributed by atoms with Gasteiger partial charge in [0.1, 0.15) is 0 Å². The fourth-order valence-corrected chi connectivity index (χ4v) is 3.46. The molecule has 2 rings (SSSR count). The zero-order valence-corrected chi connectivity index (χ0v) is 14.5. The second kappa shape index (κ2) is 7.48. The molecule has 0 aromatic heterocycles. The summed E-state index contributed by atoms with van der Waals surface area (Å²) in [6, 6.07) is 6.88. The Bertz CT molecular complexity index is 461. The number of hydrogen-bond acceptors (Lipinski definition) is 3. The highest BCUT2D eigenvalue weighted by Gasteiger charge is 2.32. The summed E-state index contributed by atoms with van der Waals surface area (Å²) in [6.45, 7) is 8.58. The van der Waals surface area contributed by atoms with Crippen molar-refractivity contribution in [2.45, 2.75) is 32.9 Å². The molecule has 4 heteroatoms. The standard InChI is InChI=1S/C17H28ClN3/c1-5-9-19-10-14-15(18)7-6-8-16(14)21-11-13(2)17(12-21)20(3)4/h6-8,13,17,19H,5,9-12H2,1-4H3. The quantitative estimate of drug-likeness (QED) is 0.814. The highest BCUT2D eigenvalue weighted by Crippen LogP contribution is 2.32. The van der Waals surface area contributed by atoms with E-state index in [0.717, 1.165) is 37.6 Å². The minimum absolute atomic E-state index is 0.612. The molecule has 1 aliphatic heterocycles. The zero-order valence-electron chi connectivity index (χ0n) is 13.7. The molecule has 1 saturated heterocycles. The Balaban J connectivity index is 2.18. The van der Waals surface area contributed by atoms with Gasteiger partial charge in [-0.1, -0.05) is 31.5 Å². The van der Waals surface area contributed by atoms with Gasteiger partial charge in [0.2, 0.25) is 0 Å². The first-order chi connectivity index (χ1) is 10.0. The summed E-state index contributed by atoms with van der Waals surface area (Å²) in [4.78, 5) is 4.83. The molecule has 0 radical (unpaired) electrons. The molecule has 0 saturated carbocycles. The third kappa shape index (κ3) is 3.91. The molecule has 1 aliphatic rings. The van der Waals surface area contributed by atoms with Crippen LogP contribution in [0, 0.1) is 5.92 Å². The van der Waals surface area contributed by atoms with Gasteiger partial charge in [-0.15, -0.1) is 0 Å². The molecule has 2 atom stereocenters. The van der Waals surface area contributed by atoms with E-state index in [1.807, 2.05) is 6.07 Å². The number of nitrogens with one attached hydrogen (secondary N) is 1. The Morgan fingerprint density at radius 3 is 2.71 bits per heavy atom. The van der Waals surface area contributed by atoms with Crippen molar-refractivity contribution in [2.75, 3.05) is 38.6 Å². The third-order valence-corrected chi connectivity index (χ3v) is 4.75. The van der Waals surface area contributed by atoms with Crippen molar-refractivity contribution in [3.05, 3.63) is 28.8 Å². The SMILES string of the molecule is CCCNCc1c(Cl)cccc1N1CC(C)C(N(C)C)C1. The molecule has 0 amide bonds. The van der Waals surface area contributed by atoms with E-state index in [1.54, 1.807) is 0 Å². The number of halogens is 1. The van der Waals surface area contributed by atoms with E-state index in [4.69, 9.17) is 11.6 Å². The van der Waals surface area contributed by atoms with Crippen molar-refractivity contribution in [3.8, 4) is 0 Å². The summed E-state index contributed by atoms with van der Waals surface area (Å²) in [5.41, 5.74) is 2.53. The third-order valence-electron chi connectivity index (χ3n) is 4.40. The molecule has 0 spiro atoms. The van der Waals surface area contributed by atoms with Gasteiger partial charge in [0.05, 0.1) is 0 Å². The van der Waals surface area contributed by atoms with E-state index < -0.39 is 0 Å². The maximum atomic E-state index is 6.44. The van der Waals surface area contributed by atoms with Crippen LogP contribution in [0.25, 0.3) is 0 Å². The van der Waals surface area contributed by atoms with Gasteiger partial charge in [-0.3, -0.25) is 0 Å². The summed E-state index contributed by atoms with van der Waals surface area (Å²) >= 11 is 6.44. The number of likely N-dealkylation sites (N-methyl/N-ethyl adjacent to an activating group) is 1. The Labute approximate surface area is 134 Å². The molecule has 1 heterocycles. The Morgan fingerprint density at radius 2 is 2.10 bits per heavy atom. The van der Waals surface area contributed by atoms with E-state index in [1.165, 1.54) is 11.3 Å². The van der Waals surface area contributed by atoms with Gasteiger partial charge in [0.25, 0.3) is 0 Å². The highest BCUT2D eigenvalue weighted by atomic mass is 35.5. The van der Waals surface area contributed by atoms with Crippen molar-refractivity contribution in [1.29, 1.82) is 0 Å². The molecule has 118 valence electrons. The number of hydrogen-bond donors (Lipinski definition) is 1. The number of benzene rings is 1. The molecule has 2 unspecified atom stereocenters. The number of anilines is 1. The molecule has 3 nitrogen and oxygen atoms in total. The predicted molar refractivity (Wildman–Crippen MR) is 92.3 cm³/mol. The Hall–Kier alpha value is -0.770. The first-order valence-corrected chi connectivity index (χ1v) is 8.31. The van der Waals surface area contributed by atoms with E-state index in [9.17, 15) is 0 Å². The van der Waals surface area contributed by atoms with Gasteiger partial charge >= 0.3 is 0 Å². The van der Waals surface area contributed by atoms with Crippen molar-refractivity contribution >= 4 is 17.3 Å². The molecule has 1 aromatic carbocycles. The zero-order chi connectivity index (χ0) is 15.4. The molecule has 0 bridgehead atoms. The predicted octanol–water partition coefficient (Wildman–Crippen LogP) is 3.23. The molecule has 1 N–H and O–H groups in total. The smallest absolute Gasteiger partial charge is 0.0471 e. The molecule has 21 heavy (non-hydrogen) atoms. The first kappa shape index (κ1) is 16.6. The van der Waals surface area contributed by atoms with Crippen LogP contribution >= 0.6 is 11.6 Å². The molecule has 1 aromatic rings. The van der Waals surface area contributed by atoms with E-state index in [2.05, 4.69) is 55.2 Å². The van der Waals surface area contributed by atoms with Gasteiger partial charge in [-0.2, -0.15) is 0 Å². The summed E-state index contributed by atoms with van der Waals surface area (Å²) in [5.74, 6) is 0.676. The lowest BCUT2D eigenvalue weighted by Gasteiger charge is -2.25. The van der Waals surface area contributed by atoms with Crippen LogP contribution in [0.15, 0.2) is 18.2 Å². The second-order valence-electron chi connectivity index (χ2n) is 6.33. The van der Waals surface area contributed by atoms with Gasteiger partial charge in [-0.25, -0.2) is 0 Å². The molecular weight excluding hydrogens is 282 g/mol. The van der Waals surface area contributed by atoms with Crippen LogP contribution in [0.4, 0.5) is 5.69 Å². The Kier molecular flexibility index (Phi) is 5.91. The maximum Gasteiger partial charge on any atom is 0.0471 e. The van der Waals surface area contributed by atoms with Crippen LogP contribution in [0.2, 0.25) is 5.02 Å². The van der Waals surface area contributed by atoms with Gasteiger partial charge < -0.3 is 15.1 Å². The minimum atomic E-state index is 0.612. The van der Waals surface area contributed by atoms with Gasteiger partial charge in [-0.05, 0) is 45.1 Å². The summed E-state index contributed by atoms with van der Waals surface area (Å²) < 4.78 is 0. The topological polar surface area (TPSA) is 18.5 Å². The van der Waals surface area contributed by atoms with Gasteiger partial charge in [0.15, 0.2) is 0 Å². The van der Waals surface area contributed by atoms with Crippen LogP contribution in [-0.2, 0) is 6.54 Å². The lowest BCUT2D eigenvalue weighted by atomic mass is 10.1. The van der Waals surface area contributed by atoms with E-state index in [-0.39, 0.29) is 0 Å². The monoisotopic (exact) mass is 309 g/mol. The fourth-order valence-electron chi connectivity index (χ4n) is 3.23. The van der Waals surface area contributed by atoms with Crippen molar-refractivity contribution in [3.63, 3.8) is 0 Å². The highest BCUT2D eigenvalue weighted by molar-refractivity contribution is 6.31. The molecule has 0 aliphatic carbocycles. The van der Waals surface area contributed by atoms with E-state index in [0.29, 0.717) is 12.0 Å². The van der Waals surface area contributed by atoms with Crippen molar-refractivity contribution < 1.29 is 0 Å². The average molecular weight is 310 g/mol. The summed E-state index contributed by atoms with van der Waals surface area (Å²) in [6.07, 6.45) is 1.14. The van der Waals surface area contributed by atoms with Gasteiger partial charge in [0, 0.05) is 41.9 Å². The minimum Gasteiger partial charge on any atom is -0.369 e. The molecular formula is C17H28ClN3. The average Bonchev–Trinajstić information content (AvgIpc) is 2.83. The first-order valence-electron chi connectivity index (χ1n) is 7.94. The lowest BCUT2D eigenvalue weighted by Crippen LogP contribution is -2.34. The second-order valence-corrected chi connectivity index (χ2v) is 6.73. The normalized spacial score (nSPS) is 22.3. The number of nitrogens with zero attached hydrogens (tertiary/aromatic N) is 2. The maximum absolute atomic E-state index is 6.44. The lowest BCUT2D eigenvalue weighted by molar-refractivity contribution is 0.266.